The molecule has 9 heteroatoms. The van der Waals surface area contributed by atoms with Gasteiger partial charge in [-0.15, -0.1) is 0 Å². The number of likely N-dealkylation sites (N-methyl/N-ethyl adjacent to an activating group) is 1. The van der Waals surface area contributed by atoms with Gasteiger partial charge in [0.25, 0.3) is 0 Å². The lowest BCUT2D eigenvalue weighted by Crippen LogP contribution is -2.37. The van der Waals surface area contributed by atoms with Crippen LogP contribution in [0.15, 0.2) is 24.3 Å². The lowest BCUT2D eigenvalue weighted by Gasteiger charge is -2.25. The molecule has 1 rings (SSSR count). The van der Waals surface area contributed by atoms with Crippen molar-refractivity contribution in [2.45, 2.75) is 100 Å². The van der Waals surface area contributed by atoms with Crippen LogP contribution in [-0.2, 0) is 25.5 Å². The number of aliphatic hydroxyl groups excluding tert-OH is 1. The molecule has 0 heterocycles. The van der Waals surface area contributed by atoms with Gasteiger partial charge in [-0.05, 0) is 68.6 Å². The molecule has 0 bridgehead atoms. The number of aliphatic hydroxyl groups is 1. The van der Waals surface area contributed by atoms with E-state index in [4.69, 9.17) is 9.84 Å². The number of hydrogen-bond donors (Lipinski definition) is 3. The number of anilines is 1. The number of nitrogens with one attached hydrogen (secondary N) is 2. The van der Waals surface area contributed by atoms with E-state index in [1.165, 1.54) is 0 Å². The van der Waals surface area contributed by atoms with Gasteiger partial charge in [0.2, 0.25) is 11.8 Å². The predicted octanol–water partition coefficient (Wildman–Crippen LogP) is 5.60. The highest BCUT2D eigenvalue weighted by Crippen LogP contribution is 2.28. The monoisotopic (exact) mass is 565 g/mol. The lowest BCUT2D eigenvalue weighted by atomic mass is 9.83. The zero-order valence-corrected chi connectivity index (χ0v) is 26.8. The maximum absolute atomic E-state index is 12.4. The Hall–Kier alpha value is -2.94. The molecular formula is C31H55N3O6. The molecule has 0 radical (unpaired) electrons. The first-order valence-electron chi connectivity index (χ1n) is 13.8. The van der Waals surface area contributed by atoms with Gasteiger partial charge in [0.1, 0.15) is 18.4 Å². The van der Waals surface area contributed by atoms with Gasteiger partial charge < -0.3 is 30.2 Å². The van der Waals surface area contributed by atoms with Gasteiger partial charge in [0, 0.05) is 39.2 Å². The third-order valence-corrected chi connectivity index (χ3v) is 5.15. The first-order valence-corrected chi connectivity index (χ1v) is 13.8. The number of ether oxygens (including phenoxy) is 1. The van der Waals surface area contributed by atoms with Crippen molar-refractivity contribution in [2.75, 3.05) is 32.6 Å². The molecule has 40 heavy (non-hydrogen) atoms. The predicted molar refractivity (Wildman–Crippen MR) is 162 cm³/mol. The van der Waals surface area contributed by atoms with Crippen LogP contribution >= 0.6 is 0 Å². The minimum Gasteiger partial charge on any atom is -0.444 e. The smallest absolute Gasteiger partial charge is 0.408 e. The second-order valence-electron chi connectivity index (χ2n) is 13.0. The number of rotatable bonds is 12. The van der Waals surface area contributed by atoms with Gasteiger partial charge in [0.15, 0.2) is 0 Å². The average Bonchev–Trinajstić information content (AvgIpc) is 2.83. The van der Waals surface area contributed by atoms with E-state index in [0.29, 0.717) is 36.9 Å². The van der Waals surface area contributed by atoms with Gasteiger partial charge >= 0.3 is 6.09 Å². The summed E-state index contributed by atoms with van der Waals surface area (Å²) in [7, 11) is 2.80. The fourth-order valence-corrected chi connectivity index (χ4v) is 3.06. The molecule has 0 unspecified atom stereocenters. The topological polar surface area (TPSA) is 125 Å². The van der Waals surface area contributed by atoms with Crippen LogP contribution in [0.2, 0.25) is 0 Å². The second-order valence-corrected chi connectivity index (χ2v) is 13.0. The Balaban J connectivity index is 0. The van der Waals surface area contributed by atoms with Crippen LogP contribution in [0.5, 0.6) is 0 Å². The summed E-state index contributed by atoms with van der Waals surface area (Å²) in [5.41, 5.74) is 1.52. The van der Waals surface area contributed by atoms with Gasteiger partial charge in [0.05, 0.1) is 0 Å². The van der Waals surface area contributed by atoms with Crippen LogP contribution in [0.25, 0.3) is 0 Å². The standard InChI is InChI=1S/C25H39N3O5.C5H12.CH4O/c1-24(2,3)33-23(32)26-18-21(30)27-20-10-8-19(9-11-20)13-16-28(6)22(31)12-15-25(4,5)14-7-17-29;1-5(2,3)4;1-2/h8-11,17H,7,12-16,18H2,1-6H3,(H,26,32)(H,27,30);1-4H3;2H,1H3. The van der Waals surface area contributed by atoms with E-state index in [1.807, 2.05) is 12.1 Å². The maximum Gasteiger partial charge on any atom is 0.408 e. The first kappa shape index (κ1) is 39.2. The number of aldehydes is 1. The number of benzene rings is 1. The Bertz CT molecular complexity index is 878. The fraction of sp³-hybridized carbons (Fsp3) is 0.677. The summed E-state index contributed by atoms with van der Waals surface area (Å²) in [6, 6.07) is 7.38. The zero-order chi connectivity index (χ0) is 31.6. The normalized spacial score (nSPS) is 11.1. The summed E-state index contributed by atoms with van der Waals surface area (Å²) in [5.74, 6) is -0.259. The average molecular weight is 566 g/mol. The summed E-state index contributed by atoms with van der Waals surface area (Å²) < 4.78 is 5.09. The molecule has 0 aliphatic rings. The van der Waals surface area contributed by atoms with Crippen LogP contribution < -0.4 is 10.6 Å². The third kappa shape index (κ3) is 24.1. The molecule has 0 atom stereocenters. The van der Waals surface area contributed by atoms with Crippen molar-refractivity contribution in [3.05, 3.63) is 29.8 Å². The number of carbonyl (C=O) groups is 4. The van der Waals surface area contributed by atoms with Crippen LogP contribution in [0.4, 0.5) is 10.5 Å². The maximum atomic E-state index is 12.4. The Labute approximate surface area is 242 Å². The molecule has 1 aromatic rings. The van der Waals surface area contributed by atoms with E-state index in [-0.39, 0.29) is 23.8 Å². The minimum absolute atomic E-state index is 0.0277. The van der Waals surface area contributed by atoms with E-state index in [2.05, 4.69) is 52.2 Å². The summed E-state index contributed by atoms with van der Waals surface area (Å²) in [6.07, 6.45) is 3.50. The summed E-state index contributed by atoms with van der Waals surface area (Å²) >= 11 is 0. The third-order valence-electron chi connectivity index (χ3n) is 5.15. The van der Waals surface area contributed by atoms with Gasteiger partial charge in [-0.1, -0.05) is 53.7 Å². The highest BCUT2D eigenvalue weighted by atomic mass is 16.6. The highest BCUT2D eigenvalue weighted by Gasteiger charge is 2.20. The summed E-state index contributed by atoms with van der Waals surface area (Å²) in [4.78, 5) is 48.3. The Morgan fingerprint density at radius 2 is 1.45 bits per heavy atom. The molecule has 0 fully saturated rings. The molecule has 1 aromatic carbocycles. The molecule has 0 aliphatic carbocycles. The quantitative estimate of drug-likeness (QED) is 0.284. The molecule has 3 amide bonds. The molecule has 3 N–H and O–H groups in total. The molecule has 0 spiro atoms. The van der Waals surface area contributed by atoms with E-state index in [1.54, 1.807) is 44.9 Å². The number of nitrogens with zero attached hydrogens (tertiary/aromatic N) is 1. The lowest BCUT2D eigenvalue weighted by molar-refractivity contribution is -0.130. The highest BCUT2D eigenvalue weighted by molar-refractivity contribution is 5.93. The van der Waals surface area contributed by atoms with Crippen molar-refractivity contribution in [1.82, 2.24) is 10.2 Å². The van der Waals surface area contributed by atoms with Gasteiger partial charge in [-0.2, -0.15) is 0 Å². The molecule has 0 aromatic heterocycles. The van der Waals surface area contributed by atoms with Crippen molar-refractivity contribution >= 4 is 29.9 Å². The van der Waals surface area contributed by atoms with Gasteiger partial charge in [-0.3, -0.25) is 9.59 Å². The SMILES string of the molecule is CC(C)(C)C.CN(CCc1ccc(NC(=O)CNC(=O)OC(C)(C)C)cc1)C(=O)CCC(C)(C)CCC=O.CO. The van der Waals surface area contributed by atoms with Gasteiger partial charge in [-0.25, -0.2) is 4.79 Å². The summed E-state index contributed by atoms with van der Waals surface area (Å²) in [6.45, 7) is 18.6. The molecular weight excluding hydrogens is 510 g/mol. The van der Waals surface area contributed by atoms with Crippen molar-refractivity contribution in [1.29, 1.82) is 0 Å². The van der Waals surface area contributed by atoms with E-state index in [0.717, 1.165) is 31.8 Å². The second kappa shape index (κ2) is 19.2. The number of alkyl carbamates (subject to hydrolysis) is 1. The van der Waals surface area contributed by atoms with E-state index in [9.17, 15) is 19.2 Å². The number of amides is 3. The molecule has 230 valence electrons. The van der Waals surface area contributed by atoms with Crippen molar-refractivity contribution in [3.63, 3.8) is 0 Å². The molecule has 0 saturated carbocycles. The van der Waals surface area contributed by atoms with Crippen LogP contribution in [0, 0.1) is 10.8 Å². The molecule has 0 saturated heterocycles. The van der Waals surface area contributed by atoms with Crippen LogP contribution in [0.3, 0.4) is 0 Å². The fourth-order valence-electron chi connectivity index (χ4n) is 3.06. The zero-order valence-electron chi connectivity index (χ0n) is 26.8. The Kier molecular flexibility index (Phi) is 18.8. The van der Waals surface area contributed by atoms with Crippen molar-refractivity contribution < 1.29 is 29.0 Å². The first-order chi connectivity index (χ1) is 18.3. The molecule has 9 nitrogen and oxygen atoms in total. The number of carbonyl (C=O) groups excluding carboxylic acids is 4. The van der Waals surface area contributed by atoms with E-state index < -0.39 is 11.7 Å². The Morgan fingerprint density at radius 1 is 0.925 bits per heavy atom. The number of hydrogen-bond acceptors (Lipinski definition) is 6. The van der Waals surface area contributed by atoms with Crippen LogP contribution in [-0.4, -0.2) is 67.0 Å². The minimum atomic E-state index is -0.642. The van der Waals surface area contributed by atoms with Crippen molar-refractivity contribution in [3.8, 4) is 0 Å². The molecule has 0 aliphatic heterocycles. The Morgan fingerprint density at radius 3 is 1.93 bits per heavy atom. The summed E-state index contributed by atoms with van der Waals surface area (Å²) in [5, 5.41) is 12.1. The van der Waals surface area contributed by atoms with Crippen molar-refractivity contribution in [2.24, 2.45) is 10.8 Å². The van der Waals surface area contributed by atoms with E-state index >= 15 is 0 Å². The largest absolute Gasteiger partial charge is 0.444 e. The van der Waals surface area contributed by atoms with Crippen LogP contribution in [0.1, 0.15) is 93.6 Å².